The van der Waals surface area contributed by atoms with Crippen molar-refractivity contribution in [2.45, 2.75) is 12.5 Å². The highest BCUT2D eigenvalue weighted by molar-refractivity contribution is 5.84. The van der Waals surface area contributed by atoms with Gasteiger partial charge in [0.05, 0.1) is 24.7 Å². The number of carboxylic acid groups (broad SMARTS) is 1. The number of hydrogen-bond acceptors (Lipinski definition) is 5. The fourth-order valence-corrected chi connectivity index (χ4v) is 1.89. The van der Waals surface area contributed by atoms with Crippen LogP contribution in [0.2, 0.25) is 0 Å². The molecule has 9 heteroatoms. The second kappa shape index (κ2) is 5.56. The van der Waals surface area contributed by atoms with Crippen LogP contribution in [0.1, 0.15) is 23.0 Å². The third-order valence-electron chi connectivity index (χ3n) is 3.12. The Morgan fingerprint density at radius 2 is 2.30 bits per heavy atom. The van der Waals surface area contributed by atoms with E-state index in [1.165, 1.54) is 15.8 Å². The van der Waals surface area contributed by atoms with Crippen LogP contribution in [0, 0.1) is 11.3 Å². The number of hydrogen-bond donors (Lipinski definition) is 1. The molecule has 106 valence electrons. The van der Waals surface area contributed by atoms with Crippen LogP contribution >= 0.6 is 0 Å². The lowest BCUT2D eigenvalue weighted by atomic mass is 10.1. The molecule has 9 nitrogen and oxygen atoms in total. The van der Waals surface area contributed by atoms with Crippen molar-refractivity contribution in [3.05, 3.63) is 11.9 Å². The van der Waals surface area contributed by atoms with Gasteiger partial charge in [-0.25, -0.2) is 14.3 Å². The second-order valence-corrected chi connectivity index (χ2v) is 4.56. The Kier molecular flexibility index (Phi) is 3.84. The zero-order chi connectivity index (χ0) is 14.7. The minimum Gasteiger partial charge on any atom is -0.476 e. The zero-order valence-electron chi connectivity index (χ0n) is 10.9. The molecule has 1 aliphatic rings. The molecule has 1 aromatic heterocycles. The van der Waals surface area contributed by atoms with Crippen molar-refractivity contribution < 1.29 is 14.7 Å². The summed E-state index contributed by atoms with van der Waals surface area (Å²) in [7, 11) is 1.64. The standard InChI is InChI=1S/C11H14N6O3/c1-15(4-2-3-12)11(20)16-5-8(6-16)17-7-9(10(18)19)13-14-17/h7-8H,2,4-6H2,1H3,(H,18,19). The van der Waals surface area contributed by atoms with E-state index in [0.29, 0.717) is 26.1 Å². The summed E-state index contributed by atoms with van der Waals surface area (Å²) < 4.78 is 1.46. The van der Waals surface area contributed by atoms with Gasteiger partial charge in [-0.1, -0.05) is 5.21 Å². The summed E-state index contributed by atoms with van der Waals surface area (Å²) in [6.45, 7) is 1.30. The molecule has 1 N–H and O–H groups in total. The summed E-state index contributed by atoms with van der Waals surface area (Å²) in [5, 5.41) is 24.5. The number of rotatable bonds is 4. The Hall–Kier alpha value is -2.63. The van der Waals surface area contributed by atoms with Gasteiger partial charge >= 0.3 is 12.0 Å². The summed E-state index contributed by atoms with van der Waals surface area (Å²) in [4.78, 5) is 25.7. The maximum Gasteiger partial charge on any atom is 0.358 e. The number of amides is 2. The molecule has 1 aliphatic heterocycles. The minimum atomic E-state index is -1.13. The van der Waals surface area contributed by atoms with Crippen molar-refractivity contribution >= 4 is 12.0 Å². The van der Waals surface area contributed by atoms with Crippen molar-refractivity contribution in [1.29, 1.82) is 5.26 Å². The molecule has 1 fully saturated rings. The van der Waals surface area contributed by atoms with Gasteiger partial charge in [0.1, 0.15) is 0 Å². The van der Waals surface area contributed by atoms with E-state index < -0.39 is 5.97 Å². The fraction of sp³-hybridized carbons (Fsp3) is 0.545. The van der Waals surface area contributed by atoms with E-state index in [4.69, 9.17) is 10.4 Å². The highest BCUT2D eigenvalue weighted by atomic mass is 16.4. The molecular formula is C11H14N6O3. The Bertz CT molecular complexity index is 557. The normalized spacial score (nSPS) is 14.5. The van der Waals surface area contributed by atoms with E-state index in [2.05, 4.69) is 10.3 Å². The van der Waals surface area contributed by atoms with Crippen molar-refractivity contribution in [3.63, 3.8) is 0 Å². The molecule has 2 amide bonds. The van der Waals surface area contributed by atoms with Gasteiger partial charge in [-0.15, -0.1) is 5.10 Å². The van der Waals surface area contributed by atoms with Crippen LogP contribution in [0.15, 0.2) is 6.20 Å². The molecule has 1 aromatic rings. The topological polar surface area (TPSA) is 115 Å². The molecule has 0 radical (unpaired) electrons. The van der Waals surface area contributed by atoms with Crippen LogP contribution in [0.4, 0.5) is 4.79 Å². The highest BCUT2D eigenvalue weighted by Gasteiger charge is 2.34. The molecule has 0 atom stereocenters. The lowest BCUT2D eigenvalue weighted by Crippen LogP contribution is -2.54. The Morgan fingerprint density at radius 1 is 1.60 bits per heavy atom. The number of nitrogens with zero attached hydrogens (tertiary/aromatic N) is 6. The maximum atomic E-state index is 11.9. The quantitative estimate of drug-likeness (QED) is 0.815. The van der Waals surface area contributed by atoms with Crippen LogP contribution in [0.3, 0.4) is 0 Å². The predicted molar refractivity (Wildman–Crippen MR) is 65.8 cm³/mol. The van der Waals surface area contributed by atoms with E-state index in [-0.39, 0.29) is 17.8 Å². The van der Waals surface area contributed by atoms with Gasteiger partial charge in [0.2, 0.25) is 0 Å². The van der Waals surface area contributed by atoms with Gasteiger partial charge in [-0.3, -0.25) is 0 Å². The zero-order valence-corrected chi connectivity index (χ0v) is 10.9. The van der Waals surface area contributed by atoms with Crippen LogP contribution in [-0.4, -0.2) is 68.6 Å². The van der Waals surface area contributed by atoms with Crippen LogP contribution in [0.25, 0.3) is 0 Å². The fourth-order valence-electron chi connectivity index (χ4n) is 1.89. The molecule has 0 aromatic carbocycles. The first-order chi connectivity index (χ1) is 9.52. The monoisotopic (exact) mass is 278 g/mol. The number of aromatic carboxylic acids is 1. The number of urea groups is 1. The molecule has 0 spiro atoms. The molecule has 0 bridgehead atoms. The van der Waals surface area contributed by atoms with E-state index in [0.717, 1.165) is 0 Å². The average Bonchev–Trinajstić information content (AvgIpc) is 2.83. The van der Waals surface area contributed by atoms with Gasteiger partial charge in [-0.05, 0) is 0 Å². The number of aromatic nitrogens is 3. The Morgan fingerprint density at radius 3 is 2.85 bits per heavy atom. The summed E-state index contributed by atoms with van der Waals surface area (Å²) in [5.41, 5.74) is -0.110. The SMILES string of the molecule is CN(CCC#N)C(=O)N1CC(n2cc(C(=O)O)nn2)C1. The van der Waals surface area contributed by atoms with Crippen LogP contribution in [-0.2, 0) is 0 Å². The molecule has 0 saturated carbocycles. The van der Waals surface area contributed by atoms with Gasteiger partial charge in [0.15, 0.2) is 5.69 Å². The van der Waals surface area contributed by atoms with Crippen LogP contribution < -0.4 is 0 Å². The molecular weight excluding hydrogens is 264 g/mol. The highest BCUT2D eigenvalue weighted by Crippen LogP contribution is 2.21. The summed E-state index contributed by atoms with van der Waals surface area (Å²) in [6, 6.07) is 1.79. The first-order valence-corrected chi connectivity index (χ1v) is 6.05. The number of carboxylic acids is 1. The van der Waals surface area contributed by atoms with E-state index >= 15 is 0 Å². The van der Waals surface area contributed by atoms with Crippen molar-refractivity contribution in [3.8, 4) is 6.07 Å². The lowest BCUT2D eigenvalue weighted by molar-refractivity contribution is 0.0689. The smallest absolute Gasteiger partial charge is 0.358 e. The first kappa shape index (κ1) is 13.8. The minimum absolute atomic E-state index is 0.0519. The van der Waals surface area contributed by atoms with E-state index in [9.17, 15) is 9.59 Å². The predicted octanol–water partition coefficient (Wildman–Crippen LogP) is -0.202. The summed E-state index contributed by atoms with van der Waals surface area (Å²) in [5.74, 6) is -1.13. The number of likely N-dealkylation sites (tertiary alicyclic amines) is 1. The number of nitriles is 1. The third-order valence-corrected chi connectivity index (χ3v) is 3.12. The number of carbonyl (C=O) groups excluding carboxylic acids is 1. The molecule has 0 unspecified atom stereocenters. The summed E-state index contributed by atoms with van der Waals surface area (Å²) >= 11 is 0. The Labute approximate surface area is 115 Å². The molecule has 2 heterocycles. The van der Waals surface area contributed by atoms with Gasteiger partial charge in [0.25, 0.3) is 0 Å². The largest absolute Gasteiger partial charge is 0.476 e. The van der Waals surface area contributed by atoms with Crippen molar-refractivity contribution in [1.82, 2.24) is 24.8 Å². The third kappa shape index (κ3) is 2.69. The first-order valence-electron chi connectivity index (χ1n) is 6.05. The second-order valence-electron chi connectivity index (χ2n) is 4.56. The van der Waals surface area contributed by atoms with Crippen molar-refractivity contribution in [2.75, 3.05) is 26.7 Å². The van der Waals surface area contributed by atoms with Crippen LogP contribution in [0.5, 0.6) is 0 Å². The lowest BCUT2D eigenvalue weighted by Gasteiger charge is -2.40. The van der Waals surface area contributed by atoms with E-state index in [1.54, 1.807) is 11.9 Å². The maximum absolute atomic E-state index is 11.9. The Balaban J connectivity index is 1.86. The van der Waals surface area contributed by atoms with Gasteiger partial charge in [0, 0.05) is 26.7 Å². The van der Waals surface area contributed by atoms with Crippen molar-refractivity contribution in [2.24, 2.45) is 0 Å². The number of carbonyl (C=O) groups is 2. The molecule has 0 aliphatic carbocycles. The molecule has 20 heavy (non-hydrogen) atoms. The van der Waals surface area contributed by atoms with Gasteiger partial charge < -0.3 is 14.9 Å². The summed E-state index contributed by atoms with van der Waals surface area (Å²) in [6.07, 6.45) is 1.65. The average molecular weight is 278 g/mol. The molecule has 2 rings (SSSR count). The van der Waals surface area contributed by atoms with Gasteiger partial charge in [-0.2, -0.15) is 5.26 Å². The van der Waals surface area contributed by atoms with E-state index in [1.807, 2.05) is 6.07 Å². The molecule has 1 saturated heterocycles.